The molecule has 1 aromatic carbocycles. The molecule has 24 heavy (non-hydrogen) atoms. The smallest absolute Gasteiger partial charge is 0.320 e. The summed E-state index contributed by atoms with van der Waals surface area (Å²) < 4.78 is 15.5. The first-order valence-corrected chi connectivity index (χ1v) is 7.44. The van der Waals surface area contributed by atoms with Crippen LogP contribution in [-0.2, 0) is 9.53 Å². The van der Waals surface area contributed by atoms with Crippen molar-refractivity contribution in [3.63, 3.8) is 0 Å². The number of nitro benzene ring substituents is 1. The normalized spacial score (nSPS) is 12.4. The zero-order valence-corrected chi connectivity index (χ0v) is 14.8. The van der Waals surface area contributed by atoms with Gasteiger partial charge in [-0.05, 0) is 33.8 Å². The number of methoxy groups -OCH3 is 2. The van der Waals surface area contributed by atoms with Gasteiger partial charge in [-0.1, -0.05) is 0 Å². The number of nitrogens with zero attached hydrogens (tertiary/aromatic N) is 1. The highest BCUT2D eigenvalue weighted by Crippen LogP contribution is 2.37. The van der Waals surface area contributed by atoms with Crippen molar-refractivity contribution < 1.29 is 23.9 Å². The van der Waals surface area contributed by atoms with Gasteiger partial charge in [-0.15, -0.1) is 0 Å². The Bertz CT molecular complexity index is 609. The molecule has 0 heterocycles. The SMILES string of the molecule is COc1cc(C(C)NCC(=O)OC(C)(C)C)c([N+](=O)[O-])cc1OC. The third-order valence-electron chi connectivity index (χ3n) is 3.17. The molecule has 0 spiro atoms. The van der Waals surface area contributed by atoms with Crippen molar-refractivity contribution in [2.75, 3.05) is 20.8 Å². The van der Waals surface area contributed by atoms with Crippen LogP contribution >= 0.6 is 0 Å². The van der Waals surface area contributed by atoms with Crippen molar-refractivity contribution in [3.8, 4) is 11.5 Å². The summed E-state index contributed by atoms with van der Waals surface area (Å²) in [6.45, 7) is 6.97. The fraction of sp³-hybridized carbons (Fsp3) is 0.562. The molecular formula is C16H24N2O6. The lowest BCUT2D eigenvalue weighted by molar-refractivity contribution is -0.385. The zero-order chi connectivity index (χ0) is 18.5. The Balaban J connectivity index is 2.98. The molecule has 1 atom stereocenters. The van der Waals surface area contributed by atoms with Crippen molar-refractivity contribution >= 4 is 11.7 Å². The van der Waals surface area contributed by atoms with Gasteiger partial charge in [-0.2, -0.15) is 0 Å². The van der Waals surface area contributed by atoms with Gasteiger partial charge >= 0.3 is 5.97 Å². The minimum atomic E-state index is -0.586. The number of carbonyl (C=O) groups is 1. The Morgan fingerprint density at radius 1 is 1.25 bits per heavy atom. The molecule has 1 unspecified atom stereocenters. The van der Waals surface area contributed by atoms with E-state index < -0.39 is 22.5 Å². The topological polar surface area (TPSA) is 99.9 Å². The van der Waals surface area contributed by atoms with Crippen LogP contribution in [0.2, 0.25) is 0 Å². The minimum absolute atomic E-state index is 0.0655. The van der Waals surface area contributed by atoms with E-state index in [0.29, 0.717) is 11.3 Å². The quantitative estimate of drug-likeness (QED) is 0.462. The number of rotatable bonds is 7. The maximum atomic E-state index is 11.8. The lowest BCUT2D eigenvalue weighted by Gasteiger charge is -2.21. The van der Waals surface area contributed by atoms with Gasteiger partial charge in [0.25, 0.3) is 5.69 Å². The summed E-state index contributed by atoms with van der Waals surface area (Å²) in [5.74, 6) is 0.216. The minimum Gasteiger partial charge on any atom is -0.493 e. The summed E-state index contributed by atoms with van der Waals surface area (Å²) in [6, 6.07) is 2.38. The van der Waals surface area contributed by atoms with E-state index in [1.807, 2.05) is 0 Å². The summed E-state index contributed by atoms with van der Waals surface area (Å²) in [5.41, 5.74) is -0.310. The van der Waals surface area contributed by atoms with Crippen molar-refractivity contribution in [1.29, 1.82) is 0 Å². The summed E-state index contributed by atoms with van der Waals surface area (Å²) >= 11 is 0. The van der Waals surface area contributed by atoms with Gasteiger partial charge in [-0.25, -0.2) is 0 Å². The maximum absolute atomic E-state index is 11.8. The number of ether oxygens (including phenoxy) is 3. The molecule has 0 aliphatic heterocycles. The highest BCUT2D eigenvalue weighted by Gasteiger charge is 2.24. The number of nitrogens with one attached hydrogen (secondary N) is 1. The Morgan fingerprint density at radius 3 is 2.25 bits per heavy atom. The average molecular weight is 340 g/mol. The molecule has 0 aromatic heterocycles. The van der Waals surface area contributed by atoms with E-state index in [0.717, 1.165) is 0 Å². The number of carbonyl (C=O) groups excluding carboxylic acids is 1. The monoisotopic (exact) mass is 340 g/mol. The first kappa shape index (κ1) is 19.7. The molecule has 1 rings (SSSR count). The van der Waals surface area contributed by atoms with Crippen LogP contribution in [0, 0.1) is 10.1 Å². The van der Waals surface area contributed by atoms with E-state index in [2.05, 4.69) is 5.32 Å². The van der Waals surface area contributed by atoms with E-state index in [4.69, 9.17) is 14.2 Å². The molecule has 8 nitrogen and oxygen atoms in total. The van der Waals surface area contributed by atoms with Crippen molar-refractivity contribution in [1.82, 2.24) is 5.32 Å². The van der Waals surface area contributed by atoms with Crippen molar-refractivity contribution in [3.05, 3.63) is 27.8 Å². The average Bonchev–Trinajstić information content (AvgIpc) is 2.49. The molecule has 0 aliphatic rings. The predicted molar refractivity (Wildman–Crippen MR) is 88.5 cm³/mol. The molecule has 0 saturated heterocycles. The molecule has 134 valence electrons. The fourth-order valence-corrected chi connectivity index (χ4v) is 2.11. The number of esters is 1. The molecule has 1 N–H and O–H groups in total. The van der Waals surface area contributed by atoms with Crippen LogP contribution in [0.3, 0.4) is 0 Å². The van der Waals surface area contributed by atoms with Crippen LogP contribution in [0.5, 0.6) is 11.5 Å². The van der Waals surface area contributed by atoms with Crippen LogP contribution in [0.25, 0.3) is 0 Å². The molecule has 0 amide bonds. The third kappa shape index (κ3) is 5.38. The first-order chi connectivity index (χ1) is 11.1. The van der Waals surface area contributed by atoms with Gasteiger partial charge in [0.1, 0.15) is 5.60 Å². The van der Waals surface area contributed by atoms with Crippen LogP contribution in [0.4, 0.5) is 5.69 Å². The Labute approximate surface area is 141 Å². The molecule has 0 radical (unpaired) electrons. The van der Waals surface area contributed by atoms with Crippen LogP contribution < -0.4 is 14.8 Å². The van der Waals surface area contributed by atoms with Gasteiger partial charge in [0, 0.05) is 6.04 Å². The van der Waals surface area contributed by atoms with Gasteiger partial charge in [0.15, 0.2) is 11.5 Å². The number of nitro groups is 1. The summed E-state index contributed by atoms with van der Waals surface area (Å²) in [5, 5.41) is 14.2. The lowest BCUT2D eigenvalue weighted by atomic mass is 10.0. The molecular weight excluding hydrogens is 316 g/mol. The van der Waals surface area contributed by atoms with E-state index in [9.17, 15) is 14.9 Å². The highest BCUT2D eigenvalue weighted by atomic mass is 16.6. The number of hydrogen-bond acceptors (Lipinski definition) is 7. The summed E-state index contributed by atoms with van der Waals surface area (Å²) in [4.78, 5) is 22.6. The second-order valence-corrected chi connectivity index (χ2v) is 6.21. The van der Waals surface area contributed by atoms with Crippen LogP contribution in [-0.4, -0.2) is 37.3 Å². The summed E-state index contributed by atoms with van der Waals surface area (Å²) in [6.07, 6.45) is 0. The first-order valence-electron chi connectivity index (χ1n) is 7.44. The largest absolute Gasteiger partial charge is 0.493 e. The zero-order valence-electron chi connectivity index (χ0n) is 14.8. The van der Waals surface area contributed by atoms with Gasteiger partial charge in [0.2, 0.25) is 0 Å². The van der Waals surface area contributed by atoms with E-state index in [1.165, 1.54) is 26.4 Å². The number of hydrogen-bond donors (Lipinski definition) is 1. The van der Waals surface area contributed by atoms with E-state index in [-0.39, 0.29) is 18.0 Å². The van der Waals surface area contributed by atoms with Crippen LogP contribution in [0.1, 0.15) is 39.3 Å². The molecule has 0 fully saturated rings. The molecule has 0 aliphatic carbocycles. The van der Waals surface area contributed by atoms with Crippen LogP contribution in [0.15, 0.2) is 12.1 Å². The Hall–Kier alpha value is -2.35. The summed E-state index contributed by atoms with van der Waals surface area (Å²) in [7, 11) is 2.86. The fourth-order valence-electron chi connectivity index (χ4n) is 2.11. The van der Waals surface area contributed by atoms with Crippen molar-refractivity contribution in [2.45, 2.75) is 39.3 Å². The Morgan fingerprint density at radius 2 is 1.79 bits per heavy atom. The standard InChI is InChI=1S/C16H24N2O6/c1-10(17-9-15(19)24-16(2,3)4)11-7-13(22-5)14(23-6)8-12(11)18(20)21/h7-8,10,17H,9H2,1-6H3. The van der Waals surface area contributed by atoms with Gasteiger partial charge < -0.3 is 19.5 Å². The maximum Gasteiger partial charge on any atom is 0.320 e. The molecule has 0 saturated carbocycles. The second-order valence-electron chi connectivity index (χ2n) is 6.21. The molecule has 1 aromatic rings. The Kier molecular flexibility index (Phi) is 6.53. The lowest BCUT2D eigenvalue weighted by Crippen LogP contribution is -2.32. The molecule has 8 heteroatoms. The third-order valence-corrected chi connectivity index (χ3v) is 3.17. The van der Waals surface area contributed by atoms with Gasteiger partial charge in [-0.3, -0.25) is 14.9 Å². The number of benzene rings is 1. The predicted octanol–water partition coefficient (Wildman–Crippen LogP) is 2.60. The van der Waals surface area contributed by atoms with E-state index in [1.54, 1.807) is 27.7 Å². The highest BCUT2D eigenvalue weighted by molar-refractivity contribution is 5.72. The van der Waals surface area contributed by atoms with Gasteiger partial charge in [0.05, 0.1) is 37.3 Å². The van der Waals surface area contributed by atoms with Crippen molar-refractivity contribution in [2.24, 2.45) is 0 Å². The second kappa shape index (κ2) is 7.96. The molecule has 0 bridgehead atoms. The van der Waals surface area contributed by atoms with E-state index >= 15 is 0 Å².